The molecule has 4 heteroatoms. The first-order chi connectivity index (χ1) is 7.16. The molecule has 15 heavy (non-hydrogen) atoms. The Labute approximate surface area is 92.1 Å². The minimum Gasteiger partial charge on any atom is -0.466 e. The molecule has 0 spiro atoms. The number of esters is 1. The summed E-state index contributed by atoms with van der Waals surface area (Å²) in [6.45, 7) is 7.62. The second-order valence-electron chi connectivity index (χ2n) is 3.51. The Kier molecular flexibility index (Phi) is 7.34. The summed E-state index contributed by atoms with van der Waals surface area (Å²) in [6.07, 6.45) is 1.32. The third kappa shape index (κ3) is 4.18. The molecule has 0 aliphatic rings. The Hall–Kier alpha value is -0.610. The summed E-state index contributed by atoms with van der Waals surface area (Å²) >= 11 is 0. The quantitative estimate of drug-likeness (QED) is 0.492. The summed E-state index contributed by atoms with van der Waals surface area (Å²) in [5.74, 6) is -0.199. The molecule has 2 N–H and O–H groups in total. The van der Waals surface area contributed by atoms with Gasteiger partial charge >= 0.3 is 5.97 Å². The van der Waals surface area contributed by atoms with Crippen molar-refractivity contribution in [1.29, 1.82) is 0 Å². The van der Waals surface area contributed by atoms with Crippen molar-refractivity contribution in [3.8, 4) is 0 Å². The normalized spacial score (nSPS) is 14.7. The van der Waals surface area contributed by atoms with Crippen molar-refractivity contribution >= 4 is 5.97 Å². The van der Waals surface area contributed by atoms with Crippen LogP contribution in [0.15, 0.2) is 0 Å². The fraction of sp³-hybridized carbons (Fsp3) is 0.909. The molecule has 0 heterocycles. The van der Waals surface area contributed by atoms with Gasteiger partial charge in [-0.25, -0.2) is 0 Å². The summed E-state index contributed by atoms with van der Waals surface area (Å²) in [7, 11) is 0. The highest BCUT2D eigenvalue weighted by Crippen LogP contribution is 2.27. The first kappa shape index (κ1) is 14.4. The van der Waals surface area contributed by atoms with Gasteiger partial charge in [0.2, 0.25) is 0 Å². The van der Waals surface area contributed by atoms with Crippen molar-refractivity contribution in [3.63, 3.8) is 0 Å². The van der Waals surface area contributed by atoms with Crippen LogP contribution in [-0.2, 0) is 14.3 Å². The monoisotopic (exact) mass is 217 g/mol. The van der Waals surface area contributed by atoms with E-state index < -0.39 is 5.41 Å². The van der Waals surface area contributed by atoms with Gasteiger partial charge in [0, 0.05) is 19.8 Å². The molecule has 1 unspecified atom stereocenters. The lowest BCUT2D eigenvalue weighted by Gasteiger charge is -2.28. The van der Waals surface area contributed by atoms with Gasteiger partial charge in [0.05, 0.1) is 12.0 Å². The molecule has 90 valence electrons. The highest BCUT2D eigenvalue weighted by Gasteiger charge is 2.36. The van der Waals surface area contributed by atoms with Crippen molar-refractivity contribution in [2.24, 2.45) is 11.1 Å². The number of hydrogen-bond donors (Lipinski definition) is 1. The van der Waals surface area contributed by atoms with Crippen LogP contribution < -0.4 is 5.73 Å². The smallest absolute Gasteiger partial charge is 0.313 e. The highest BCUT2D eigenvalue weighted by molar-refractivity contribution is 5.77. The lowest BCUT2D eigenvalue weighted by molar-refractivity contribution is -0.156. The molecular formula is C11H23NO3. The van der Waals surface area contributed by atoms with Crippen LogP contribution in [0.2, 0.25) is 0 Å². The zero-order chi connectivity index (χ0) is 11.7. The average molecular weight is 217 g/mol. The summed E-state index contributed by atoms with van der Waals surface area (Å²) < 4.78 is 10.3. The summed E-state index contributed by atoms with van der Waals surface area (Å²) in [5.41, 5.74) is 5.11. The van der Waals surface area contributed by atoms with Crippen LogP contribution in [0.3, 0.4) is 0 Å². The van der Waals surface area contributed by atoms with Crippen molar-refractivity contribution in [3.05, 3.63) is 0 Å². The molecular weight excluding hydrogens is 194 g/mol. The van der Waals surface area contributed by atoms with Crippen LogP contribution in [0.4, 0.5) is 0 Å². The predicted octanol–water partition coefficient (Wildman–Crippen LogP) is 1.33. The van der Waals surface area contributed by atoms with Crippen molar-refractivity contribution in [2.45, 2.75) is 33.6 Å². The summed E-state index contributed by atoms with van der Waals surface area (Å²) in [5, 5.41) is 0. The van der Waals surface area contributed by atoms with Crippen LogP contribution in [0.5, 0.6) is 0 Å². The Bertz CT molecular complexity index is 179. The predicted molar refractivity (Wildman–Crippen MR) is 59.5 cm³/mol. The molecule has 0 saturated heterocycles. The lowest BCUT2D eigenvalue weighted by atomic mass is 9.82. The fourth-order valence-corrected chi connectivity index (χ4v) is 1.45. The van der Waals surface area contributed by atoms with E-state index in [1.165, 1.54) is 0 Å². The van der Waals surface area contributed by atoms with Gasteiger partial charge in [-0.3, -0.25) is 4.79 Å². The standard InChI is InChI=1S/C11H23NO3/c1-4-11(9-12,7-8-14-5-2)10(13)15-6-3/h4-9,12H2,1-3H3. The Morgan fingerprint density at radius 2 is 1.93 bits per heavy atom. The molecule has 0 aromatic rings. The third-order valence-corrected chi connectivity index (χ3v) is 2.71. The molecule has 0 aliphatic heterocycles. The van der Waals surface area contributed by atoms with E-state index in [1.54, 1.807) is 6.92 Å². The minimum absolute atomic E-state index is 0.199. The van der Waals surface area contributed by atoms with Gasteiger partial charge in [-0.1, -0.05) is 6.92 Å². The average Bonchev–Trinajstić information content (AvgIpc) is 2.25. The lowest BCUT2D eigenvalue weighted by Crippen LogP contribution is -2.40. The summed E-state index contributed by atoms with van der Waals surface area (Å²) in [4.78, 5) is 11.8. The molecule has 0 aromatic carbocycles. The van der Waals surface area contributed by atoms with Crippen LogP contribution in [0.1, 0.15) is 33.6 Å². The molecule has 0 aliphatic carbocycles. The maximum atomic E-state index is 11.8. The maximum absolute atomic E-state index is 11.8. The maximum Gasteiger partial charge on any atom is 0.313 e. The molecule has 0 radical (unpaired) electrons. The van der Waals surface area contributed by atoms with E-state index in [1.807, 2.05) is 13.8 Å². The fourth-order valence-electron chi connectivity index (χ4n) is 1.45. The molecule has 0 rings (SSSR count). The number of rotatable bonds is 8. The van der Waals surface area contributed by atoms with E-state index in [-0.39, 0.29) is 5.97 Å². The van der Waals surface area contributed by atoms with Crippen molar-refractivity contribution in [1.82, 2.24) is 0 Å². The topological polar surface area (TPSA) is 61.5 Å². The minimum atomic E-state index is -0.564. The van der Waals surface area contributed by atoms with Gasteiger partial charge in [-0.2, -0.15) is 0 Å². The number of nitrogens with two attached hydrogens (primary N) is 1. The van der Waals surface area contributed by atoms with E-state index in [9.17, 15) is 4.79 Å². The zero-order valence-corrected chi connectivity index (χ0v) is 10.0. The number of hydrogen-bond acceptors (Lipinski definition) is 4. The van der Waals surface area contributed by atoms with Gasteiger partial charge in [0.25, 0.3) is 0 Å². The molecule has 0 saturated carbocycles. The zero-order valence-electron chi connectivity index (χ0n) is 10.0. The van der Waals surface area contributed by atoms with Gasteiger partial charge in [-0.05, 0) is 26.7 Å². The van der Waals surface area contributed by atoms with Gasteiger partial charge in [0.1, 0.15) is 0 Å². The van der Waals surface area contributed by atoms with E-state index in [0.717, 1.165) is 0 Å². The van der Waals surface area contributed by atoms with E-state index >= 15 is 0 Å². The van der Waals surface area contributed by atoms with Gasteiger partial charge in [0.15, 0.2) is 0 Å². The molecule has 0 aromatic heterocycles. The first-order valence-corrected chi connectivity index (χ1v) is 5.61. The second-order valence-corrected chi connectivity index (χ2v) is 3.51. The molecule has 0 amide bonds. The SMILES string of the molecule is CCOCCC(CC)(CN)C(=O)OCC. The Balaban J connectivity index is 4.35. The first-order valence-electron chi connectivity index (χ1n) is 5.61. The molecule has 4 nitrogen and oxygen atoms in total. The summed E-state index contributed by atoms with van der Waals surface area (Å²) in [6, 6.07) is 0. The largest absolute Gasteiger partial charge is 0.466 e. The Morgan fingerprint density at radius 3 is 2.33 bits per heavy atom. The van der Waals surface area contributed by atoms with Crippen molar-refractivity contribution in [2.75, 3.05) is 26.4 Å². The van der Waals surface area contributed by atoms with Crippen LogP contribution in [-0.4, -0.2) is 32.3 Å². The van der Waals surface area contributed by atoms with Gasteiger partial charge in [-0.15, -0.1) is 0 Å². The molecule has 1 atom stereocenters. The highest BCUT2D eigenvalue weighted by atomic mass is 16.5. The van der Waals surface area contributed by atoms with E-state index in [2.05, 4.69) is 0 Å². The van der Waals surface area contributed by atoms with Crippen molar-refractivity contribution < 1.29 is 14.3 Å². The van der Waals surface area contributed by atoms with E-state index in [0.29, 0.717) is 39.2 Å². The molecule has 0 fully saturated rings. The third-order valence-electron chi connectivity index (χ3n) is 2.71. The number of carbonyl (C=O) groups is 1. The van der Waals surface area contributed by atoms with Crippen LogP contribution in [0.25, 0.3) is 0 Å². The number of ether oxygens (including phenoxy) is 2. The number of carbonyl (C=O) groups excluding carboxylic acids is 1. The Morgan fingerprint density at radius 1 is 1.27 bits per heavy atom. The second kappa shape index (κ2) is 7.65. The van der Waals surface area contributed by atoms with Crippen LogP contribution in [0, 0.1) is 5.41 Å². The van der Waals surface area contributed by atoms with E-state index in [4.69, 9.17) is 15.2 Å². The van der Waals surface area contributed by atoms with Gasteiger partial charge < -0.3 is 15.2 Å². The molecule has 0 bridgehead atoms. The van der Waals surface area contributed by atoms with Crippen LogP contribution >= 0.6 is 0 Å².